The number of rotatable bonds is 4. The third-order valence-electron chi connectivity index (χ3n) is 7.42. The molecule has 0 saturated heterocycles. The molecular weight excluding hydrogens is 296 g/mol. The van der Waals surface area contributed by atoms with Gasteiger partial charge in [0.1, 0.15) is 0 Å². The third-order valence-corrected chi connectivity index (χ3v) is 7.42. The highest BCUT2D eigenvalue weighted by molar-refractivity contribution is 5.20. The van der Waals surface area contributed by atoms with Gasteiger partial charge in [-0.2, -0.15) is 0 Å². The first-order valence-corrected chi connectivity index (χ1v) is 9.97. The lowest BCUT2D eigenvalue weighted by atomic mass is 9.74. The van der Waals surface area contributed by atoms with Crippen molar-refractivity contribution in [2.75, 3.05) is 6.61 Å². The van der Waals surface area contributed by atoms with Crippen molar-refractivity contribution in [1.29, 1.82) is 0 Å². The van der Waals surface area contributed by atoms with E-state index >= 15 is 0 Å². The molecule has 0 aromatic carbocycles. The molecule has 0 bridgehead atoms. The van der Waals surface area contributed by atoms with Gasteiger partial charge in [-0.05, 0) is 60.7 Å². The number of hydrogen-bond acceptors (Lipinski definition) is 2. The summed E-state index contributed by atoms with van der Waals surface area (Å²) in [5.41, 5.74) is 2.12. The third kappa shape index (κ3) is 4.43. The molecule has 0 aliphatic heterocycles. The molecule has 2 rings (SSSR count). The Hall–Kier alpha value is -0.340. The van der Waals surface area contributed by atoms with Crippen molar-refractivity contribution >= 4 is 0 Å². The molecule has 0 aromatic rings. The molecule has 2 N–H and O–H groups in total. The van der Waals surface area contributed by atoms with Crippen LogP contribution in [0.25, 0.3) is 0 Å². The second kappa shape index (κ2) is 8.36. The van der Waals surface area contributed by atoms with Crippen LogP contribution in [0.2, 0.25) is 0 Å². The topological polar surface area (TPSA) is 40.5 Å². The summed E-state index contributed by atoms with van der Waals surface area (Å²) in [6, 6.07) is 0. The Labute approximate surface area is 150 Å². The van der Waals surface area contributed by atoms with Gasteiger partial charge in [-0.25, -0.2) is 0 Å². The minimum Gasteiger partial charge on any atom is -0.396 e. The molecule has 0 aromatic heterocycles. The second-order valence-electron chi connectivity index (χ2n) is 9.47. The van der Waals surface area contributed by atoms with Crippen molar-refractivity contribution in [1.82, 2.24) is 0 Å². The molecule has 0 heterocycles. The normalized spacial score (nSPS) is 36.9. The summed E-state index contributed by atoms with van der Waals surface area (Å²) >= 11 is 0. The fourth-order valence-corrected chi connectivity index (χ4v) is 5.00. The van der Waals surface area contributed by atoms with Crippen molar-refractivity contribution < 1.29 is 10.2 Å². The number of aliphatic hydroxyl groups is 2. The van der Waals surface area contributed by atoms with Gasteiger partial charge in [0.15, 0.2) is 0 Å². The first-order valence-electron chi connectivity index (χ1n) is 9.97. The summed E-state index contributed by atoms with van der Waals surface area (Å²) in [6.07, 6.45) is 6.60. The minimum atomic E-state index is -0.0463. The number of aliphatic hydroxyl groups excluding tert-OH is 2. The molecule has 0 radical (unpaired) electrons. The summed E-state index contributed by atoms with van der Waals surface area (Å²) in [5, 5.41) is 18.8. The zero-order valence-corrected chi connectivity index (χ0v) is 17.4. The van der Waals surface area contributed by atoms with E-state index in [1.54, 1.807) is 0 Å². The van der Waals surface area contributed by atoms with Crippen LogP contribution in [0, 0.1) is 34.5 Å². The molecule has 0 spiro atoms. The van der Waals surface area contributed by atoms with Crippen molar-refractivity contribution in [3.63, 3.8) is 0 Å². The molecule has 1 saturated carbocycles. The average molecular weight is 339 g/mol. The van der Waals surface area contributed by atoms with Crippen molar-refractivity contribution in [3.8, 4) is 0 Å². The van der Waals surface area contributed by atoms with E-state index in [-0.39, 0.29) is 6.10 Å². The van der Waals surface area contributed by atoms with Crippen LogP contribution in [0.4, 0.5) is 0 Å². The summed E-state index contributed by atoms with van der Waals surface area (Å²) in [7, 11) is 0. The van der Waals surface area contributed by atoms with E-state index in [9.17, 15) is 5.11 Å². The van der Waals surface area contributed by atoms with Gasteiger partial charge in [-0.3, -0.25) is 0 Å². The molecule has 1 fully saturated rings. The van der Waals surface area contributed by atoms with Crippen LogP contribution < -0.4 is 0 Å². The van der Waals surface area contributed by atoms with Crippen molar-refractivity contribution in [3.05, 3.63) is 11.6 Å². The van der Waals surface area contributed by atoms with Crippen LogP contribution in [0.1, 0.15) is 81.1 Å². The summed E-state index contributed by atoms with van der Waals surface area (Å²) < 4.78 is 0. The summed E-state index contributed by atoms with van der Waals surface area (Å²) in [5.74, 6) is 2.45. The molecule has 0 amide bonds. The van der Waals surface area contributed by atoms with Gasteiger partial charge in [0, 0.05) is 6.61 Å². The lowest BCUT2D eigenvalue weighted by Gasteiger charge is -2.31. The Morgan fingerprint density at radius 2 is 1.67 bits per heavy atom. The van der Waals surface area contributed by atoms with E-state index < -0.39 is 0 Å². The summed E-state index contributed by atoms with van der Waals surface area (Å²) in [6.45, 7) is 18.4. The van der Waals surface area contributed by atoms with E-state index in [0.717, 1.165) is 12.8 Å². The van der Waals surface area contributed by atoms with Crippen LogP contribution >= 0.6 is 0 Å². The smallest absolute Gasteiger partial charge is 0.0576 e. The molecule has 5 atom stereocenters. The molecule has 2 aliphatic rings. The van der Waals surface area contributed by atoms with Crippen molar-refractivity contribution in [2.24, 2.45) is 34.5 Å². The molecule has 2 heteroatoms. The SMILES string of the molecule is CC1=CC(C)C(CCO)C1(C)C.CCCC1C(O)CC(C)C1(C)C. The molecule has 2 nitrogen and oxygen atoms in total. The zero-order chi connectivity index (χ0) is 18.7. The molecular formula is C22H42O2. The van der Waals surface area contributed by atoms with Gasteiger partial charge in [-0.1, -0.05) is 66.5 Å². The highest BCUT2D eigenvalue weighted by Crippen LogP contribution is 2.49. The highest BCUT2D eigenvalue weighted by atomic mass is 16.3. The summed E-state index contributed by atoms with van der Waals surface area (Å²) in [4.78, 5) is 0. The Morgan fingerprint density at radius 3 is 2.00 bits per heavy atom. The van der Waals surface area contributed by atoms with E-state index in [2.05, 4.69) is 61.5 Å². The van der Waals surface area contributed by atoms with Crippen LogP contribution in [-0.2, 0) is 0 Å². The zero-order valence-electron chi connectivity index (χ0n) is 17.4. The van der Waals surface area contributed by atoms with Crippen LogP contribution in [0.15, 0.2) is 11.6 Å². The first-order chi connectivity index (χ1) is 11.0. The van der Waals surface area contributed by atoms with Gasteiger partial charge >= 0.3 is 0 Å². The maximum absolute atomic E-state index is 9.83. The predicted octanol–water partition coefficient (Wildman–Crippen LogP) is 5.44. The van der Waals surface area contributed by atoms with Gasteiger partial charge in [0.25, 0.3) is 0 Å². The van der Waals surface area contributed by atoms with E-state index in [1.807, 2.05) is 0 Å². The predicted molar refractivity (Wildman–Crippen MR) is 104 cm³/mol. The fourth-order valence-electron chi connectivity index (χ4n) is 5.00. The number of allylic oxidation sites excluding steroid dienone is 2. The van der Waals surface area contributed by atoms with Gasteiger partial charge in [0.2, 0.25) is 0 Å². The van der Waals surface area contributed by atoms with Gasteiger partial charge in [-0.15, -0.1) is 0 Å². The number of hydrogen-bond donors (Lipinski definition) is 2. The minimum absolute atomic E-state index is 0.0463. The maximum atomic E-state index is 9.83. The lowest BCUT2D eigenvalue weighted by Crippen LogP contribution is -2.27. The van der Waals surface area contributed by atoms with Crippen LogP contribution in [0.5, 0.6) is 0 Å². The van der Waals surface area contributed by atoms with Gasteiger partial charge in [0.05, 0.1) is 6.10 Å². The van der Waals surface area contributed by atoms with E-state index in [4.69, 9.17) is 5.11 Å². The second-order valence-corrected chi connectivity index (χ2v) is 9.47. The maximum Gasteiger partial charge on any atom is 0.0576 e. The quantitative estimate of drug-likeness (QED) is 0.670. The Balaban J connectivity index is 0.000000240. The highest BCUT2D eigenvalue weighted by Gasteiger charge is 2.45. The monoisotopic (exact) mass is 338 g/mol. The van der Waals surface area contributed by atoms with Crippen LogP contribution in [-0.4, -0.2) is 22.9 Å². The van der Waals surface area contributed by atoms with Gasteiger partial charge < -0.3 is 10.2 Å². The van der Waals surface area contributed by atoms with Crippen molar-refractivity contribution in [2.45, 2.75) is 87.2 Å². The first kappa shape index (κ1) is 21.7. The Kier molecular flexibility index (Phi) is 7.56. The molecule has 24 heavy (non-hydrogen) atoms. The van der Waals surface area contributed by atoms with E-state index in [1.165, 1.54) is 18.4 Å². The standard InChI is InChI=1S/C11H20O.C11H22O/c1-8-7-9(2)11(3,4)10(8)5-6-12;1-5-6-9-10(12)7-8(2)11(9,3)4/h7-8,10,12H,5-6H2,1-4H3;8-10,12H,5-7H2,1-4H3. The van der Waals surface area contributed by atoms with Crippen LogP contribution in [0.3, 0.4) is 0 Å². The largest absolute Gasteiger partial charge is 0.396 e. The Morgan fingerprint density at radius 1 is 1.08 bits per heavy atom. The molecule has 2 aliphatic carbocycles. The Bertz CT molecular complexity index is 418. The molecule has 142 valence electrons. The fraction of sp³-hybridized carbons (Fsp3) is 0.909. The average Bonchev–Trinajstić information content (AvgIpc) is 2.78. The molecule has 5 unspecified atom stereocenters. The van der Waals surface area contributed by atoms with E-state index in [0.29, 0.717) is 41.1 Å². The lowest BCUT2D eigenvalue weighted by molar-refractivity contribution is 0.0823.